The van der Waals surface area contributed by atoms with Crippen LogP contribution >= 0.6 is 39.1 Å². The van der Waals surface area contributed by atoms with Crippen molar-refractivity contribution in [3.8, 4) is 0 Å². The van der Waals surface area contributed by atoms with Gasteiger partial charge in [0.15, 0.2) is 11.3 Å². The second-order valence-corrected chi connectivity index (χ2v) is 35.6. The maximum atomic E-state index is 6.31. The Bertz CT molecular complexity index is 3100. The van der Waals surface area contributed by atoms with Crippen LogP contribution in [0.15, 0.2) is 114 Å². The second-order valence-electron chi connectivity index (χ2n) is 22.7. The highest BCUT2D eigenvalue weighted by molar-refractivity contribution is 9.10. The first-order valence-electron chi connectivity index (χ1n) is 26.7. The minimum Gasteiger partial charge on any atom is -0.368 e. The summed E-state index contributed by atoms with van der Waals surface area (Å²) >= 11 is 15.5. The number of pyridine rings is 2. The van der Waals surface area contributed by atoms with Crippen LogP contribution in [0.5, 0.6) is 0 Å². The fraction of sp³-hybridized carbons (Fsp3) is 0.455. The molecule has 412 valence electrons. The van der Waals surface area contributed by atoms with Crippen LogP contribution in [0.2, 0.25) is 61.4 Å². The molecule has 6 N–H and O–H groups in total. The maximum absolute atomic E-state index is 6.31. The SMILES string of the molecule is C[Si](C)(C)CCOCn1cc(Nc2nc3c(Br)cccn3n2)cn1.C[Si](C)(C)CCOCn1cc(Nc2nc3c(N4CCC(CN)(c5ccc(Cl)cc5)CC4)cccn3n2)cn1.NCC1(c2ccc(Cl)cc2)CCCCC1. The van der Waals surface area contributed by atoms with Gasteiger partial charge in [0.25, 0.3) is 0 Å². The Balaban J connectivity index is 0.000000170. The van der Waals surface area contributed by atoms with Crippen molar-refractivity contribution in [1.82, 2.24) is 48.8 Å². The van der Waals surface area contributed by atoms with E-state index in [4.69, 9.17) is 49.1 Å². The average Bonchev–Trinajstić information content (AvgIpc) is 4.26. The molecule has 1 saturated heterocycles. The average molecular weight is 1190 g/mol. The minimum absolute atomic E-state index is 0.0366. The van der Waals surface area contributed by atoms with Gasteiger partial charge in [-0.1, -0.05) is 106 Å². The molecule has 2 aromatic carbocycles. The van der Waals surface area contributed by atoms with Gasteiger partial charge in [0, 0.05) is 88.8 Å². The summed E-state index contributed by atoms with van der Waals surface area (Å²) in [4.78, 5) is 11.6. The van der Waals surface area contributed by atoms with E-state index in [1.54, 1.807) is 26.3 Å². The summed E-state index contributed by atoms with van der Waals surface area (Å²) in [5, 5.41) is 25.7. The van der Waals surface area contributed by atoms with Crippen molar-refractivity contribution >= 4 is 95.5 Å². The zero-order valence-corrected chi connectivity index (χ0v) is 50.5. The van der Waals surface area contributed by atoms with Gasteiger partial charge in [-0.25, -0.2) is 18.4 Å². The van der Waals surface area contributed by atoms with Gasteiger partial charge in [0.1, 0.15) is 13.5 Å². The van der Waals surface area contributed by atoms with Crippen LogP contribution in [0.1, 0.15) is 56.1 Å². The lowest BCUT2D eigenvalue weighted by Crippen LogP contribution is -2.47. The highest BCUT2D eigenvalue weighted by Gasteiger charge is 2.36. The van der Waals surface area contributed by atoms with Crippen molar-refractivity contribution in [2.45, 2.75) is 121 Å². The van der Waals surface area contributed by atoms with Crippen LogP contribution in [0.4, 0.5) is 29.0 Å². The molecular formula is C55H76BrCl2N15O2Si2. The number of aromatic nitrogens is 10. The van der Waals surface area contributed by atoms with E-state index in [-0.39, 0.29) is 10.8 Å². The molecule has 1 aliphatic heterocycles. The van der Waals surface area contributed by atoms with Crippen LogP contribution in [-0.2, 0) is 33.8 Å². The second kappa shape index (κ2) is 26.2. The van der Waals surface area contributed by atoms with Gasteiger partial charge in [0.05, 0.1) is 46.3 Å². The smallest absolute Gasteiger partial charge is 0.247 e. The predicted molar refractivity (Wildman–Crippen MR) is 322 cm³/mol. The van der Waals surface area contributed by atoms with E-state index in [9.17, 15) is 0 Å². The van der Waals surface area contributed by atoms with Crippen molar-refractivity contribution in [1.29, 1.82) is 0 Å². The molecule has 2 fully saturated rings. The minimum atomic E-state index is -1.10. The highest BCUT2D eigenvalue weighted by Crippen LogP contribution is 2.40. The summed E-state index contributed by atoms with van der Waals surface area (Å²) in [6, 6.07) is 26.6. The third kappa shape index (κ3) is 16.0. The van der Waals surface area contributed by atoms with E-state index in [1.807, 2.05) is 71.8 Å². The number of hydrogen-bond acceptors (Lipinski definition) is 13. The molecule has 0 spiro atoms. The number of nitrogens with one attached hydrogen (secondary N) is 2. The van der Waals surface area contributed by atoms with Gasteiger partial charge in [-0.15, -0.1) is 10.2 Å². The molecule has 0 bridgehead atoms. The number of anilines is 5. The topological polar surface area (TPSA) is 194 Å². The standard InChI is InChI=1S/C27H37ClN8OSi.C15H21BrN6OSi.C13H18ClN/c1-38(2,3)16-15-37-20-35-18-23(17-30-35)31-26-32-25-24(5-4-12-36(25)33-26)34-13-10-27(19-29,11-14-34)21-6-8-22(28)9-7-21;1-24(2,3)8-7-23-11-21-10-12(9-17-21)18-15-19-14-13(16)5-4-6-22(14)20-15;14-12-6-4-11(5-7-12)13(10-15)8-2-1-3-9-13/h4-9,12,17-18H,10-11,13-16,19-20,29H2,1-3H3,(H,31,33);4-6,9-10H,7-8,11H2,1-3H3,(H,18,20);4-7H,1-3,8-10,15H2. The molecule has 77 heavy (non-hydrogen) atoms. The lowest BCUT2D eigenvalue weighted by atomic mass is 9.69. The molecule has 1 aliphatic carbocycles. The Kier molecular flexibility index (Phi) is 19.7. The zero-order chi connectivity index (χ0) is 54.6. The van der Waals surface area contributed by atoms with Crippen LogP contribution in [0.3, 0.4) is 0 Å². The normalized spacial score (nSPS) is 15.4. The monoisotopic (exact) mass is 1180 g/mol. The third-order valence-corrected chi connectivity index (χ3v) is 19.0. The molecule has 0 atom stereocenters. The van der Waals surface area contributed by atoms with Gasteiger partial charge in [-0.2, -0.15) is 20.2 Å². The number of nitrogens with two attached hydrogens (primary N) is 2. The first kappa shape index (κ1) is 58.0. The Morgan fingerprint density at radius 3 is 1.53 bits per heavy atom. The third-order valence-electron chi connectivity index (χ3n) is 14.4. The fourth-order valence-corrected chi connectivity index (χ4v) is 11.9. The van der Waals surface area contributed by atoms with Crippen molar-refractivity contribution in [2.75, 3.05) is 54.9 Å². The van der Waals surface area contributed by atoms with Gasteiger partial charge >= 0.3 is 0 Å². The van der Waals surface area contributed by atoms with E-state index < -0.39 is 16.1 Å². The van der Waals surface area contributed by atoms with Gasteiger partial charge in [0.2, 0.25) is 11.9 Å². The largest absolute Gasteiger partial charge is 0.368 e. The summed E-state index contributed by atoms with van der Waals surface area (Å²) in [7, 11) is -2.15. The van der Waals surface area contributed by atoms with Crippen molar-refractivity contribution in [2.24, 2.45) is 11.5 Å². The molecule has 0 amide bonds. The predicted octanol–water partition coefficient (Wildman–Crippen LogP) is 12.4. The quantitative estimate of drug-likeness (QED) is 0.0442. The summed E-state index contributed by atoms with van der Waals surface area (Å²) in [6.07, 6.45) is 19.4. The highest BCUT2D eigenvalue weighted by atomic mass is 79.9. The lowest BCUT2D eigenvalue weighted by Gasteiger charge is -2.42. The fourth-order valence-electron chi connectivity index (χ4n) is 9.68. The van der Waals surface area contributed by atoms with E-state index >= 15 is 0 Å². The molecule has 0 unspecified atom stereocenters. The number of fused-ring (bicyclic) bond motifs is 2. The Hall–Kier alpha value is -5.17. The summed E-state index contributed by atoms with van der Waals surface area (Å²) in [5.41, 5.74) is 19.4. The molecule has 2 aliphatic rings. The summed E-state index contributed by atoms with van der Waals surface area (Å²) < 4.78 is 19.5. The first-order chi connectivity index (χ1) is 36.9. The van der Waals surface area contributed by atoms with E-state index in [0.717, 1.165) is 101 Å². The maximum Gasteiger partial charge on any atom is 0.247 e. The Labute approximate surface area is 473 Å². The zero-order valence-electron chi connectivity index (χ0n) is 45.4. The number of halogens is 3. The van der Waals surface area contributed by atoms with E-state index in [1.165, 1.54) is 43.2 Å². The van der Waals surface area contributed by atoms with Crippen LogP contribution in [-0.4, -0.2) is 104 Å². The number of rotatable bonds is 19. The molecule has 7 heterocycles. The lowest BCUT2D eigenvalue weighted by molar-refractivity contribution is 0.0785. The van der Waals surface area contributed by atoms with Crippen LogP contribution in [0.25, 0.3) is 11.3 Å². The van der Waals surface area contributed by atoms with Crippen molar-refractivity contribution in [3.63, 3.8) is 0 Å². The van der Waals surface area contributed by atoms with Gasteiger partial charge < -0.3 is 36.5 Å². The number of ether oxygens (including phenoxy) is 2. The van der Waals surface area contributed by atoms with Crippen molar-refractivity contribution in [3.05, 3.63) is 136 Å². The number of piperidine rings is 1. The molecule has 17 nitrogen and oxygen atoms in total. The Morgan fingerprint density at radius 2 is 1.06 bits per heavy atom. The summed E-state index contributed by atoms with van der Waals surface area (Å²) in [6.45, 7) is 19.6. The molecule has 22 heteroatoms. The number of benzene rings is 2. The van der Waals surface area contributed by atoms with E-state index in [0.29, 0.717) is 31.9 Å². The molecule has 8 aromatic rings. The first-order valence-corrected chi connectivity index (χ1v) is 35.7. The molecular weight excluding hydrogens is 1110 g/mol. The Morgan fingerprint density at radius 1 is 0.610 bits per heavy atom. The van der Waals surface area contributed by atoms with Crippen molar-refractivity contribution < 1.29 is 9.47 Å². The van der Waals surface area contributed by atoms with E-state index in [2.05, 4.69) is 126 Å². The molecule has 10 rings (SSSR count). The number of hydrogen-bond donors (Lipinski definition) is 4. The van der Waals surface area contributed by atoms with Crippen LogP contribution < -0.4 is 27.0 Å². The summed E-state index contributed by atoms with van der Waals surface area (Å²) in [5.74, 6) is 1.06. The van der Waals surface area contributed by atoms with Crippen LogP contribution in [0, 0.1) is 0 Å². The molecule has 0 radical (unpaired) electrons. The molecule has 1 saturated carbocycles. The van der Waals surface area contributed by atoms with Gasteiger partial charge in [-0.05, 0) is 113 Å². The number of nitrogens with zero attached hydrogens (tertiary/aromatic N) is 11. The van der Waals surface area contributed by atoms with Gasteiger partial charge in [-0.3, -0.25) is 0 Å². The molecule has 6 aromatic heterocycles.